The monoisotopic (exact) mass is 248 g/mol. The topological polar surface area (TPSA) is 64.3 Å². The molecule has 0 aliphatic heterocycles. The van der Waals surface area contributed by atoms with Gasteiger partial charge in [0.15, 0.2) is 0 Å². The van der Waals surface area contributed by atoms with Crippen LogP contribution < -0.4 is 11.1 Å². The first kappa shape index (κ1) is 13.1. The van der Waals surface area contributed by atoms with Gasteiger partial charge >= 0.3 is 0 Å². The van der Waals surface area contributed by atoms with Gasteiger partial charge in [-0.15, -0.1) is 0 Å². The molecule has 0 unspecified atom stereocenters. The molecule has 4 heteroatoms. The van der Waals surface area contributed by atoms with Gasteiger partial charge in [-0.05, 0) is 24.8 Å². The number of amides is 1. The summed E-state index contributed by atoms with van der Waals surface area (Å²) in [7, 11) is 1.70. The van der Waals surface area contributed by atoms with Crippen LogP contribution >= 0.6 is 0 Å². The standard InChI is InChI=1S/C14H20N2O2/c1-18-12-8-11(9-12)16-14(17)13(15)7-10-5-3-2-4-6-10/h2-6,11-13H,7-9,15H2,1H3,(H,16,17)/t11?,12?,13-/m0/s1. The van der Waals surface area contributed by atoms with Crippen molar-refractivity contribution >= 4 is 5.91 Å². The van der Waals surface area contributed by atoms with Gasteiger partial charge in [0, 0.05) is 13.2 Å². The zero-order valence-electron chi connectivity index (χ0n) is 10.6. The first-order valence-electron chi connectivity index (χ1n) is 6.31. The van der Waals surface area contributed by atoms with Crippen LogP contribution in [0.5, 0.6) is 0 Å². The molecule has 0 spiro atoms. The third kappa shape index (κ3) is 3.31. The Balaban J connectivity index is 1.76. The van der Waals surface area contributed by atoms with Crippen molar-refractivity contribution in [3.05, 3.63) is 35.9 Å². The molecule has 1 aliphatic carbocycles. The van der Waals surface area contributed by atoms with E-state index in [1.807, 2.05) is 30.3 Å². The van der Waals surface area contributed by atoms with Gasteiger partial charge in [0.05, 0.1) is 12.1 Å². The highest BCUT2D eigenvalue weighted by Crippen LogP contribution is 2.22. The molecule has 2 rings (SSSR count). The number of benzene rings is 1. The van der Waals surface area contributed by atoms with Crippen molar-refractivity contribution in [2.45, 2.75) is 37.5 Å². The van der Waals surface area contributed by atoms with Crippen LogP contribution in [0.3, 0.4) is 0 Å². The summed E-state index contributed by atoms with van der Waals surface area (Å²) in [6.45, 7) is 0. The molecule has 3 N–H and O–H groups in total. The number of nitrogens with two attached hydrogens (primary N) is 1. The van der Waals surface area contributed by atoms with E-state index >= 15 is 0 Å². The fourth-order valence-corrected chi connectivity index (χ4v) is 2.14. The van der Waals surface area contributed by atoms with Crippen molar-refractivity contribution < 1.29 is 9.53 Å². The molecule has 1 aliphatic rings. The number of ether oxygens (including phenoxy) is 1. The summed E-state index contributed by atoms with van der Waals surface area (Å²) >= 11 is 0. The highest BCUT2D eigenvalue weighted by molar-refractivity contribution is 5.82. The van der Waals surface area contributed by atoms with E-state index in [-0.39, 0.29) is 11.9 Å². The van der Waals surface area contributed by atoms with Crippen LogP contribution in [-0.2, 0) is 16.0 Å². The van der Waals surface area contributed by atoms with Crippen molar-refractivity contribution in [3.8, 4) is 0 Å². The molecule has 0 radical (unpaired) electrons. The Bertz CT molecular complexity index is 388. The molecule has 1 fully saturated rings. The molecular weight excluding hydrogens is 228 g/mol. The van der Waals surface area contributed by atoms with Gasteiger partial charge in [-0.3, -0.25) is 4.79 Å². The van der Waals surface area contributed by atoms with E-state index in [1.165, 1.54) is 0 Å². The maximum Gasteiger partial charge on any atom is 0.237 e. The Morgan fingerprint density at radius 3 is 2.72 bits per heavy atom. The molecular formula is C14H20N2O2. The van der Waals surface area contributed by atoms with Crippen LogP contribution in [0.15, 0.2) is 30.3 Å². The van der Waals surface area contributed by atoms with Gasteiger partial charge < -0.3 is 15.8 Å². The quantitative estimate of drug-likeness (QED) is 0.812. The van der Waals surface area contributed by atoms with E-state index < -0.39 is 6.04 Å². The van der Waals surface area contributed by atoms with Crippen LogP contribution in [0.25, 0.3) is 0 Å². The van der Waals surface area contributed by atoms with Gasteiger partial charge in [0.1, 0.15) is 0 Å². The Kier molecular flexibility index (Phi) is 4.33. The van der Waals surface area contributed by atoms with Gasteiger partial charge in [-0.2, -0.15) is 0 Å². The zero-order valence-corrected chi connectivity index (χ0v) is 10.6. The zero-order chi connectivity index (χ0) is 13.0. The normalized spacial score (nSPS) is 24.1. The second-order valence-corrected chi connectivity index (χ2v) is 4.83. The summed E-state index contributed by atoms with van der Waals surface area (Å²) in [5.74, 6) is -0.0709. The first-order chi connectivity index (χ1) is 8.69. The maximum atomic E-state index is 11.9. The third-order valence-electron chi connectivity index (χ3n) is 3.41. The van der Waals surface area contributed by atoms with Crippen molar-refractivity contribution in [2.75, 3.05) is 7.11 Å². The minimum absolute atomic E-state index is 0.0709. The molecule has 0 saturated heterocycles. The van der Waals surface area contributed by atoms with E-state index in [0.717, 1.165) is 18.4 Å². The SMILES string of the molecule is COC1CC(NC(=O)[C@@H](N)Cc2ccccc2)C1. The molecule has 0 aromatic heterocycles. The smallest absolute Gasteiger partial charge is 0.237 e. The Labute approximate surface area is 108 Å². The molecule has 0 heterocycles. The predicted molar refractivity (Wildman–Crippen MR) is 70.1 cm³/mol. The number of carbonyl (C=O) groups excluding carboxylic acids is 1. The Morgan fingerprint density at radius 1 is 1.44 bits per heavy atom. The van der Waals surface area contributed by atoms with Crippen molar-refractivity contribution in [2.24, 2.45) is 5.73 Å². The van der Waals surface area contributed by atoms with Crippen LogP contribution in [0.1, 0.15) is 18.4 Å². The molecule has 4 nitrogen and oxygen atoms in total. The number of hydrogen-bond acceptors (Lipinski definition) is 3. The van der Waals surface area contributed by atoms with E-state index in [4.69, 9.17) is 10.5 Å². The third-order valence-corrected chi connectivity index (χ3v) is 3.41. The van der Waals surface area contributed by atoms with Gasteiger partial charge in [-0.25, -0.2) is 0 Å². The average Bonchev–Trinajstić information content (AvgIpc) is 2.34. The van der Waals surface area contributed by atoms with E-state index in [1.54, 1.807) is 7.11 Å². The lowest BCUT2D eigenvalue weighted by Gasteiger charge is -2.35. The van der Waals surface area contributed by atoms with Gasteiger partial charge in [0.25, 0.3) is 0 Å². The predicted octanol–water partition coefficient (Wildman–Crippen LogP) is 0.850. The lowest BCUT2D eigenvalue weighted by atomic mass is 9.89. The summed E-state index contributed by atoms with van der Waals surface area (Å²) < 4.78 is 5.17. The minimum Gasteiger partial charge on any atom is -0.381 e. The van der Waals surface area contributed by atoms with Crippen LogP contribution in [0.2, 0.25) is 0 Å². The number of carbonyl (C=O) groups is 1. The largest absolute Gasteiger partial charge is 0.381 e. The summed E-state index contributed by atoms with van der Waals surface area (Å²) in [4.78, 5) is 11.9. The second-order valence-electron chi connectivity index (χ2n) is 4.83. The number of rotatable bonds is 5. The summed E-state index contributed by atoms with van der Waals surface area (Å²) in [5.41, 5.74) is 6.99. The lowest BCUT2D eigenvalue weighted by molar-refractivity contribution is -0.124. The Morgan fingerprint density at radius 2 is 2.11 bits per heavy atom. The van der Waals surface area contributed by atoms with Crippen LogP contribution in [0, 0.1) is 0 Å². The van der Waals surface area contributed by atoms with E-state index in [2.05, 4.69) is 5.32 Å². The van der Waals surface area contributed by atoms with E-state index in [0.29, 0.717) is 12.5 Å². The summed E-state index contributed by atoms with van der Waals surface area (Å²) in [6.07, 6.45) is 2.65. The maximum absolute atomic E-state index is 11.9. The molecule has 1 aromatic carbocycles. The van der Waals surface area contributed by atoms with E-state index in [9.17, 15) is 4.79 Å². The first-order valence-corrected chi connectivity index (χ1v) is 6.31. The molecule has 98 valence electrons. The minimum atomic E-state index is -0.478. The Hall–Kier alpha value is -1.39. The molecule has 1 aromatic rings. The number of methoxy groups -OCH3 is 1. The fraction of sp³-hybridized carbons (Fsp3) is 0.500. The van der Waals surface area contributed by atoms with Crippen LogP contribution in [0.4, 0.5) is 0 Å². The second kappa shape index (κ2) is 5.98. The van der Waals surface area contributed by atoms with Crippen molar-refractivity contribution in [1.82, 2.24) is 5.32 Å². The molecule has 0 bridgehead atoms. The van der Waals surface area contributed by atoms with Crippen molar-refractivity contribution in [3.63, 3.8) is 0 Å². The highest BCUT2D eigenvalue weighted by Gasteiger charge is 2.31. The summed E-state index contributed by atoms with van der Waals surface area (Å²) in [6, 6.07) is 9.58. The fourth-order valence-electron chi connectivity index (χ4n) is 2.14. The molecule has 1 amide bonds. The average molecular weight is 248 g/mol. The van der Waals surface area contributed by atoms with Gasteiger partial charge in [0.2, 0.25) is 5.91 Å². The molecule has 18 heavy (non-hydrogen) atoms. The number of nitrogens with one attached hydrogen (secondary N) is 1. The van der Waals surface area contributed by atoms with Crippen LogP contribution in [-0.4, -0.2) is 31.2 Å². The molecule has 1 saturated carbocycles. The highest BCUT2D eigenvalue weighted by atomic mass is 16.5. The number of hydrogen-bond donors (Lipinski definition) is 2. The van der Waals surface area contributed by atoms with Gasteiger partial charge in [-0.1, -0.05) is 30.3 Å². The molecule has 1 atom stereocenters. The lowest BCUT2D eigenvalue weighted by Crippen LogP contribution is -2.52. The summed E-state index contributed by atoms with van der Waals surface area (Å²) in [5, 5.41) is 2.96. The van der Waals surface area contributed by atoms with Crippen molar-refractivity contribution in [1.29, 1.82) is 0 Å².